The Balaban J connectivity index is 2.07. The lowest BCUT2D eigenvalue weighted by Gasteiger charge is -2.28. The van der Waals surface area contributed by atoms with E-state index in [0.717, 1.165) is 25.3 Å². The molecule has 0 saturated heterocycles. The average molecular weight is 290 g/mol. The van der Waals surface area contributed by atoms with Crippen molar-refractivity contribution in [2.24, 2.45) is 5.73 Å². The maximum Gasteiger partial charge on any atom is 0.251 e. The molecule has 112 valence electrons. The number of carbonyl (C=O) groups is 1. The monoisotopic (exact) mass is 290 g/mol. The standard InChI is InChI=1S/C16H19FN2O2/c17-13-10-12(8-7-11(13)4-3-9-18)16(21)19-14-5-1-2-6-15(14)20/h7-8,10,14-15,20H,1-2,5-6,9,18H2,(H,19,21). The van der Waals surface area contributed by atoms with E-state index in [0.29, 0.717) is 6.42 Å². The van der Waals surface area contributed by atoms with Crippen LogP contribution < -0.4 is 11.1 Å². The lowest BCUT2D eigenvalue weighted by atomic mass is 9.92. The number of hydrogen-bond acceptors (Lipinski definition) is 3. The summed E-state index contributed by atoms with van der Waals surface area (Å²) in [6.07, 6.45) is 2.85. The molecule has 21 heavy (non-hydrogen) atoms. The minimum absolute atomic E-state index is 0.154. The van der Waals surface area contributed by atoms with Crippen LogP contribution in [0, 0.1) is 17.7 Å². The third-order valence-corrected chi connectivity index (χ3v) is 3.60. The fourth-order valence-electron chi connectivity index (χ4n) is 2.44. The lowest BCUT2D eigenvalue weighted by molar-refractivity contribution is 0.0717. The smallest absolute Gasteiger partial charge is 0.251 e. The Morgan fingerprint density at radius 3 is 2.86 bits per heavy atom. The Labute approximate surface area is 123 Å². The number of nitrogens with one attached hydrogen (secondary N) is 1. The van der Waals surface area contributed by atoms with Crippen molar-refractivity contribution < 1.29 is 14.3 Å². The Kier molecular flexibility index (Phi) is 5.32. The summed E-state index contributed by atoms with van der Waals surface area (Å²) in [5.74, 6) is 4.25. The molecular weight excluding hydrogens is 271 g/mol. The van der Waals surface area contributed by atoms with Crippen LogP contribution in [0.3, 0.4) is 0 Å². The molecular formula is C16H19FN2O2. The van der Waals surface area contributed by atoms with Gasteiger partial charge in [0, 0.05) is 5.56 Å². The van der Waals surface area contributed by atoms with Crippen LogP contribution in [-0.2, 0) is 0 Å². The van der Waals surface area contributed by atoms with E-state index in [4.69, 9.17) is 5.73 Å². The second-order valence-corrected chi connectivity index (χ2v) is 5.13. The van der Waals surface area contributed by atoms with Gasteiger partial charge in [0.2, 0.25) is 0 Å². The van der Waals surface area contributed by atoms with Crippen LogP contribution in [0.15, 0.2) is 18.2 Å². The molecule has 1 amide bonds. The Morgan fingerprint density at radius 1 is 1.43 bits per heavy atom. The summed E-state index contributed by atoms with van der Waals surface area (Å²) in [5.41, 5.74) is 5.68. The molecule has 1 aromatic rings. The fourth-order valence-corrected chi connectivity index (χ4v) is 2.44. The van der Waals surface area contributed by atoms with Crippen molar-refractivity contribution in [2.75, 3.05) is 6.54 Å². The van der Waals surface area contributed by atoms with Crippen molar-refractivity contribution in [3.8, 4) is 11.8 Å². The van der Waals surface area contributed by atoms with Gasteiger partial charge in [-0.25, -0.2) is 4.39 Å². The maximum atomic E-state index is 13.8. The summed E-state index contributed by atoms with van der Waals surface area (Å²) in [4.78, 5) is 12.1. The minimum atomic E-state index is -0.548. The molecule has 1 fully saturated rings. The van der Waals surface area contributed by atoms with E-state index in [1.54, 1.807) is 0 Å². The summed E-state index contributed by atoms with van der Waals surface area (Å²) in [5, 5.41) is 12.6. The van der Waals surface area contributed by atoms with Gasteiger partial charge in [-0.2, -0.15) is 0 Å². The highest BCUT2D eigenvalue weighted by molar-refractivity contribution is 5.94. The summed E-state index contributed by atoms with van der Waals surface area (Å²) in [6.45, 7) is 0.154. The number of carbonyl (C=O) groups excluding carboxylic acids is 1. The molecule has 1 aliphatic rings. The van der Waals surface area contributed by atoms with E-state index in [9.17, 15) is 14.3 Å². The van der Waals surface area contributed by atoms with Gasteiger partial charge in [0.25, 0.3) is 5.91 Å². The van der Waals surface area contributed by atoms with Crippen LogP contribution in [0.4, 0.5) is 4.39 Å². The zero-order valence-electron chi connectivity index (χ0n) is 11.7. The first-order chi connectivity index (χ1) is 10.1. The number of aliphatic hydroxyl groups is 1. The molecule has 4 N–H and O–H groups in total. The predicted molar refractivity (Wildman–Crippen MR) is 78.1 cm³/mol. The molecule has 2 unspecified atom stereocenters. The summed E-state index contributed by atoms with van der Waals surface area (Å²) >= 11 is 0. The number of amides is 1. The SMILES string of the molecule is NCC#Cc1ccc(C(=O)NC2CCCCC2O)cc1F. The molecule has 0 heterocycles. The molecule has 2 atom stereocenters. The van der Waals surface area contributed by atoms with Gasteiger partial charge in [0.05, 0.1) is 24.3 Å². The lowest BCUT2D eigenvalue weighted by Crippen LogP contribution is -2.45. The van der Waals surface area contributed by atoms with Gasteiger partial charge in [-0.3, -0.25) is 4.79 Å². The molecule has 0 radical (unpaired) electrons. The van der Waals surface area contributed by atoms with E-state index in [1.807, 2.05) is 0 Å². The molecule has 0 bridgehead atoms. The number of aliphatic hydroxyl groups excluding tert-OH is 1. The van der Waals surface area contributed by atoms with Gasteiger partial charge < -0.3 is 16.2 Å². The van der Waals surface area contributed by atoms with E-state index in [-0.39, 0.29) is 29.6 Å². The molecule has 0 spiro atoms. The maximum absolute atomic E-state index is 13.8. The molecule has 0 aliphatic heterocycles. The van der Waals surface area contributed by atoms with Gasteiger partial charge in [-0.1, -0.05) is 24.7 Å². The van der Waals surface area contributed by atoms with Crippen molar-refractivity contribution in [3.05, 3.63) is 35.1 Å². The minimum Gasteiger partial charge on any atom is -0.391 e. The molecule has 1 saturated carbocycles. The number of hydrogen-bond donors (Lipinski definition) is 3. The zero-order chi connectivity index (χ0) is 15.2. The van der Waals surface area contributed by atoms with E-state index in [2.05, 4.69) is 17.2 Å². The van der Waals surface area contributed by atoms with Gasteiger partial charge in [-0.05, 0) is 31.0 Å². The molecule has 5 heteroatoms. The van der Waals surface area contributed by atoms with Crippen molar-refractivity contribution in [1.82, 2.24) is 5.32 Å². The van der Waals surface area contributed by atoms with E-state index in [1.165, 1.54) is 12.1 Å². The van der Waals surface area contributed by atoms with Gasteiger partial charge in [-0.15, -0.1) is 0 Å². The van der Waals surface area contributed by atoms with Crippen LogP contribution >= 0.6 is 0 Å². The Hall–Kier alpha value is -1.90. The van der Waals surface area contributed by atoms with E-state index < -0.39 is 11.9 Å². The summed E-state index contributed by atoms with van der Waals surface area (Å²) in [7, 11) is 0. The summed E-state index contributed by atoms with van der Waals surface area (Å²) in [6, 6.07) is 3.88. The van der Waals surface area contributed by atoms with Crippen LogP contribution in [-0.4, -0.2) is 29.7 Å². The number of rotatable bonds is 2. The second kappa shape index (κ2) is 7.21. The quantitative estimate of drug-likeness (QED) is 0.716. The number of benzene rings is 1. The molecule has 1 aromatic carbocycles. The molecule has 2 rings (SSSR count). The Bertz CT molecular complexity index is 577. The van der Waals surface area contributed by atoms with E-state index >= 15 is 0 Å². The van der Waals surface area contributed by atoms with Crippen molar-refractivity contribution in [1.29, 1.82) is 0 Å². The third kappa shape index (κ3) is 4.03. The van der Waals surface area contributed by atoms with Crippen LogP contribution in [0.25, 0.3) is 0 Å². The first kappa shape index (κ1) is 15.5. The highest BCUT2D eigenvalue weighted by atomic mass is 19.1. The second-order valence-electron chi connectivity index (χ2n) is 5.13. The van der Waals surface area contributed by atoms with Crippen molar-refractivity contribution in [3.63, 3.8) is 0 Å². The number of nitrogens with two attached hydrogens (primary N) is 1. The molecule has 4 nitrogen and oxygen atoms in total. The molecule has 0 aromatic heterocycles. The first-order valence-corrected chi connectivity index (χ1v) is 7.09. The molecule has 1 aliphatic carbocycles. The van der Waals surface area contributed by atoms with Gasteiger partial charge in [0.15, 0.2) is 0 Å². The van der Waals surface area contributed by atoms with Crippen LogP contribution in [0.2, 0.25) is 0 Å². The average Bonchev–Trinajstić information content (AvgIpc) is 2.48. The topological polar surface area (TPSA) is 75.4 Å². The van der Waals surface area contributed by atoms with Crippen LogP contribution in [0.5, 0.6) is 0 Å². The van der Waals surface area contributed by atoms with Crippen LogP contribution in [0.1, 0.15) is 41.6 Å². The highest BCUT2D eigenvalue weighted by Gasteiger charge is 2.25. The number of halogens is 1. The largest absolute Gasteiger partial charge is 0.391 e. The van der Waals surface area contributed by atoms with Gasteiger partial charge in [0.1, 0.15) is 5.82 Å². The Morgan fingerprint density at radius 2 is 2.19 bits per heavy atom. The fraction of sp³-hybridized carbons (Fsp3) is 0.438. The predicted octanol–water partition coefficient (Wildman–Crippen LogP) is 1.17. The van der Waals surface area contributed by atoms with Gasteiger partial charge >= 0.3 is 0 Å². The zero-order valence-corrected chi connectivity index (χ0v) is 11.7. The normalized spacial score (nSPS) is 21.3. The summed E-state index contributed by atoms with van der Waals surface area (Å²) < 4.78 is 13.8. The van der Waals surface area contributed by atoms with Crippen molar-refractivity contribution >= 4 is 5.91 Å². The third-order valence-electron chi connectivity index (χ3n) is 3.60. The first-order valence-electron chi connectivity index (χ1n) is 7.09. The van der Waals surface area contributed by atoms with Crippen molar-refractivity contribution in [2.45, 2.75) is 37.8 Å². The highest BCUT2D eigenvalue weighted by Crippen LogP contribution is 2.19.